The number of nitrogens with zero attached hydrogens (tertiary/aromatic N) is 1. The second-order valence-corrected chi connectivity index (χ2v) is 3.60. The third kappa shape index (κ3) is 2.30. The lowest BCUT2D eigenvalue weighted by Gasteiger charge is -2.08. The van der Waals surface area contributed by atoms with Crippen molar-refractivity contribution in [3.05, 3.63) is 23.9 Å². The van der Waals surface area contributed by atoms with Crippen molar-refractivity contribution in [2.45, 2.75) is 0 Å². The highest BCUT2D eigenvalue weighted by Gasteiger charge is 2.22. The van der Waals surface area contributed by atoms with Gasteiger partial charge in [-0.2, -0.15) is 4.98 Å². The second kappa shape index (κ2) is 4.89. The summed E-state index contributed by atoms with van der Waals surface area (Å²) in [7, 11) is 2.97. The number of anilines is 1. The van der Waals surface area contributed by atoms with Gasteiger partial charge < -0.3 is 24.7 Å². The topological polar surface area (TPSA) is 108 Å². The number of methoxy groups -OCH3 is 2. The van der Waals surface area contributed by atoms with Gasteiger partial charge in [0.25, 0.3) is 6.01 Å². The summed E-state index contributed by atoms with van der Waals surface area (Å²) >= 11 is 0. The molecule has 100 valence electrons. The van der Waals surface area contributed by atoms with E-state index in [4.69, 9.17) is 24.7 Å². The lowest BCUT2D eigenvalue weighted by atomic mass is 10.1. The first kappa shape index (κ1) is 12.7. The number of hydrogen-bond donors (Lipinski definition) is 2. The van der Waals surface area contributed by atoms with Crippen LogP contribution in [0.4, 0.5) is 6.01 Å². The van der Waals surface area contributed by atoms with Gasteiger partial charge in [0, 0.05) is 6.07 Å². The number of hydrogen-bond acceptors (Lipinski definition) is 6. The Morgan fingerprint density at radius 2 is 2.11 bits per heavy atom. The standard InChI is InChI=1S/C12H12N2O5/c1-17-6-3-4-7(8(5-6)18-2)10-9(11(15)16)14-12(13)19-10/h3-5H,1-2H3,(H2,13,14)(H,15,16). The van der Waals surface area contributed by atoms with Gasteiger partial charge in [-0.05, 0) is 12.1 Å². The second-order valence-electron chi connectivity index (χ2n) is 3.60. The van der Waals surface area contributed by atoms with Crippen molar-refractivity contribution in [2.75, 3.05) is 20.0 Å². The summed E-state index contributed by atoms with van der Waals surface area (Å²) in [4.78, 5) is 14.7. The molecule has 0 unspecified atom stereocenters. The van der Waals surface area contributed by atoms with E-state index in [-0.39, 0.29) is 17.5 Å². The quantitative estimate of drug-likeness (QED) is 0.864. The van der Waals surface area contributed by atoms with Crippen LogP contribution in [0.15, 0.2) is 22.6 Å². The van der Waals surface area contributed by atoms with Crippen LogP contribution in [0, 0.1) is 0 Å². The van der Waals surface area contributed by atoms with Crippen molar-refractivity contribution in [1.29, 1.82) is 0 Å². The average Bonchev–Trinajstić information content (AvgIpc) is 2.80. The molecule has 7 nitrogen and oxygen atoms in total. The van der Waals surface area contributed by atoms with E-state index in [2.05, 4.69) is 4.98 Å². The summed E-state index contributed by atoms with van der Waals surface area (Å²) in [6.07, 6.45) is 0. The van der Waals surface area contributed by atoms with E-state index in [1.54, 1.807) is 18.2 Å². The van der Waals surface area contributed by atoms with Gasteiger partial charge in [0.2, 0.25) is 0 Å². The molecule has 0 radical (unpaired) electrons. The summed E-state index contributed by atoms with van der Waals surface area (Å²) in [5.74, 6) is -0.208. The number of benzene rings is 1. The molecule has 0 aliphatic carbocycles. The third-order valence-electron chi connectivity index (χ3n) is 2.50. The van der Waals surface area contributed by atoms with Crippen molar-refractivity contribution in [2.24, 2.45) is 0 Å². The summed E-state index contributed by atoms with van der Waals surface area (Å²) in [5.41, 5.74) is 5.57. The molecule has 0 bridgehead atoms. The molecule has 0 atom stereocenters. The zero-order chi connectivity index (χ0) is 14.0. The molecule has 0 aliphatic rings. The number of aromatic nitrogens is 1. The number of nitrogen functional groups attached to an aromatic ring is 1. The highest BCUT2D eigenvalue weighted by molar-refractivity contribution is 5.93. The van der Waals surface area contributed by atoms with E-state index in [9.17, 15) is 4.79 Å². The molecule has 0 saturated heterocycles. The van der Waals surface area contributed by atoms with Crippen LogP contribution in [-0.4, -0.2) is 30.3 Å². The maximum absolute atomic E-state index is 11.1. The SMILES string of the molecule is COc1ccc(-c2oc(N)nc2C(=O)O)c(OC)c1. The Kier molecular flexibility index (Phi) is 3.28. The molecule has 0 spiro atoms. The van der Waals surface area contributed by atoms with Crippen molar-refractivity contribution in [3.8, 4) is 22.8 Å². The van der Waals surface area contributed by atoms with Crippen LogP contribution < -0.4 is 15.2 Å². The van der Waals surface area contributed by atoms with Gasteiger partial charge in [0.05, 0.1) is 19.8 Å². The largest absolute Gasteiger partial charge is 0.497 e. The third-order valence-corrected chi connectivity index (χ3v) is 2.50. The van der Waals surface area contributed by atoms with Crippen LogP contribution in [0.25, 0.3) is 11.3 Å². The van der Waals surface area contributed by atoms with Gasteiger partial charge in [-0.15, -0.1) is 0 Å². The molecular weight excluding hydrogens is 252 g/mol. The van der Waals surface area contributed by atoms with Gasteiger partial charge in [-0.1, -0.05) is 0 Å². The van der Waals surface area contributed by atoms with E-state index < -0.39 is 5.97 Å². The normalized spacial score (nSPS) is 10.2. The monoisotopic (exact) mass is 264 g/mol. The van der Waals surface area contributed by atoms with Gasteiger partial charge in [0.15, 0.2) is 11.5 Å². The number of nitrogens with two attached hydrogens (primary N) is 1. The number of rotatable bonds is 4. The Balaban J connectivity index is 2.61. The van der Waals surface area contributed by atoms with Gasteiger partial charge in [0.1, 0.15) is 11.5 Å². The fourth-order valence-corrected chi connectivity index (χ4v) is 1.65. The molecular formula is C12H12N2O5. The van der Waals surface area contributed by atoms with E-state index in [0.717, 1.165) is 0 Å². The minimum absolute atomic E-state index is 0.0458. The first-order valence-corrected chi connectivity index (χ1v) is 5.28. The molecule has 1 heterocycles. The molecule has 1 aromatic heterocycles. The fraction of sp³-hybridized carbons (Fsp3) is 0.167. The summed E-state index contributed by atoms with van der Waals surface area (Å²) < 4.78 is 15.4. The lowest BCUT2D eigenvalue weighted by Crippen LogP contribution is -2.00. The number of ether oxygens (including phenoxy) is 2. The molecule has 2 aromatic rings. The van der Waals surface area contributed by atoms with Crippen LogP contribution in [-0.2, 0) is 0 Å². The Bertz CT molecular complexity index is 621. The van der Waals surface area contributed by atoms with E-state index in [1.807, 2.05) is 0 Å². The molecule has 1 aromatic carbocycles. The van der Waals surface area contributed by atoms with Crippen LogP contribution in [0.5, 0.6) is 11.5 Å². The average molecular weight is 264 g/mol. The van der Waals surface area contributed by atoms with Gasteiger partial charge in [-0.3, -0.25) is 0 Å². The molecule has 19 heavy (non-hydrogen) atoms. The number of carboxylic acid groups (broad SMARTS) is 1. The number of carboxylic acids is 1. The van der Waals surface area contributed by atoms with E-state index >= 15 is 0 Å². The molecule has 7 heteroatoms. The van der Waals surface area contributed by atoms with Crippen molar-refractivity contribution >= 4 is 12.0 Å². The Labute approximate surface area is 108 Å². The van der Waals surface area contributed by atoms with Crippen molar-refractivity contribution < 1.29 is 23.8 Å². The number of oxazole rings is 1. The van der Waals surface area contributed by atoms with Crippen LogP contribution in [0.3, 0.4) is 0 Å². The zero-order valence-electron chi connectivity index (χ0n) is 10.3. The minimum atomic E-state index is -1.23. The highest BCUT2D eigenvalue weighted by atomic mass is 16.5. The Hall–Kier alpha value is -2.70. The predicted octanol–water partition coefficient (Wildman–Crippen LogP) is 1.64. The molecule has 0 amide bonds. The molecule has 0 fully saturated rings. The highest BCUT2D eigenvalue weighted by Crippen LogP contribution is 2.36. The van der Waals surface area contributed by atoms with Crippen LogP contribution in [0.1, 0.15) is 10.5 Å². The first-order chi connectivity index (χ1) is 9.06. The van der Waals surface area contributed by atoms with Crippen LogP contribution >= 0.6 is 0 Å². The van der Waals surface area contributed by atoms with Crippen molar-refractivity contribution in [1.82, 2.24) is 4.98 Å². The summed E-state index contributed by atoms with van der Waals surface area (Å²) in [5, 5.41) is 9.06. The Morgan fingerprint density at radius 3 is 2.68 bits per heavy atom. The number of aromatic carboxylic acids is 1. The molecule has 3 N–H and O–H groups in total. The molecule has 0 aliphatic heterocycles. The predicted molar refractivity (Wildman–Crippen MR) is 66.4 cm³/mol. The molecule has 2 rings (SSSR count). The summed E-state index contributed by atoms with van der Waals surface area (Å²) in [6, 6.07) is 4.66. The van der Waals surface area contributed by atoms with E-state index in [1.165, 1.54) is 14.2 Å². The smallest absolute Gasteiger partial charge is 0.358 e. The number of carbonyl (C=O) groups is 1. The maximum Gasteiger partial charge on any atom is 0.358 e. The first-order valence-electron chi connectivity index (χ1n) is 5.28. The van der Waals surface area contributed by atoms with Gasteiger partial charge in [-0.25, -0.2) is 4.79 Å². The van der Waals surface area contributed by atoms with Gasteiger partial charge >= 0.3 is 5.97 Å². The maximum atomic E-state index is 11.1. The van der Waals surface area contributed by atoms with Crippen molar-refractivity contribution in [3.63, 3.8) is 0 Å². The zero-order valence-corrected chi connectivity index (χ0v) is 10.3. The van der Waals surface area contributed by atoms with E-state index in [0.29, 0.717) is 17.1 Å². The Morgan fingerprint density at radius 1 is 1.37 bits per heavy atom. The minimum Gasteiger partial charge on any atom is -0.497 e. The lowest BCUT2D eigenvalue weighted by molar-refractivity contribution is 0.0691. The van der Waals surface area contributed by atoms with Crippen LogP contribution in [0.2, 0.25) is 0 Å². The molecule has 0 saturated carbocycles. The fourth-order valence-electron chi connectivity index (χ4n) is 1.65. The summed E-state index contributed by atoms with van der Waals surface area (Å²) in [6.45, 7) is 0.